The molecule has 1 aromatic carbocycles. The molecule has 4 rings (SSSR count). The van der Waals surface area contributed by atoms with E-state index in [1.807, 2.05) is 18.4 Å². The van der Waals surface area contributed by atoms with Gasteiger partial charge in [-0.25, -0.2) is 4.98 Å². The Kier molecular flexibility index (Phi) is 5.33. The van der Waals surface area contributed by atoms with Crippen molar-refractivity contribution in [3.63, 3.8) is 0 Å². The average molecular weight is 393 g/mol. The molecule has 26 heavy (non-hydrogen) atoms. The van der Waals surface area contributed by atoms with Crippen LogP contribution in [-0.4, -0.2) is 49.6 Å². The summed E-state index contributed by atoms with van der Waals surface area (Å²) in [5, 5.41) is 0.661. The number of thioether (sulfide) groups is 1. The lowest BCUT2D eigenvalue weighted by Crippen LogP contribution is -2.39. The number of nitrogens with zero attached hydrogens (tertiary/aromatic N) is 2. The van der Waals surface area contributed by atoms with Crippen molar-refractivity contribution in [3.8, 4) is 0 Å². The average Bonchev–Trinajstić information content (AvgIpc) is 3.34. The maximum absolute atomic E-state index is 13.0. The van der Waals surface area contributed by atoms with Crippen molar-refractivity contribution in [2.45, 2.75) is 23.8 Å². The standard InChI is InChI=1S/C18H20N2O4S2/c1-25-13-4-5-14-16(9-13)26-18(19-14)20(10-12-3-2-6-23-12)17(21)15-11-22-7-8-24-15/h4-5,9,11-12H,2-3,6-8,10H2,1H3/t12-/m0/s1. The summed E-state index contributed by atoms with van der Waals surface area (Å²) in [6, 6.07) is 6.15. The number of rotatable bonds is 5. The van der Waals surface area contributed by atoms with Crippen LogP contribution in [0.5, 0.6) is 0 Å². The number of amides is 1. The first kappa shape index (κ1) is 17.6. The third-order valence-corrected chi connectivity index (χ3v) is 6.10. The second-order valence-corrected chi connectivity index (χ2v) is 7.97. The van der Waals surface area contributed by atoms with Crippen LogP contribution in [0.2, 0.25) is 0 Å². The minimum Gasteiger partial charge on any atom is -0.494 e. The topological polar surface area (TPSA) is 60.9 Å². The molecule has 2 aliphatic heterocycles. The van der Waals surface area contributed by atoms with E-state index < -0.39 is 0 Å². The lowest BCUT2D eigenvalue weighted by Gasteiger charge is -2.25. The van der Waals surface area contributed by atoms with Crippen LogP contribution in [0.3, 0.4) is 0 Å². The molecule has 0 spiro atoms. The van der Waals surface area contributed by atoms with Crippen LogP contribution < -0.4 is 4.90 Å². The molecule has 0 bridgehead atoms. The number of fused-ring (bicyclic) bond motifs is 1. The smallest absolute Gasteiger partial charge is 0.298 e. The molecule has 0 aliphatic carbocycles. The monoisotopic (exact) mass is 392 g/mol. The van der Waals surface area contributed by atoms with Crippen LogP contribution in [0.1, 0.15) is 12.8 Å². The van der Waals surface area contributed by atoms with Gasteiger partial charge in [0, 0.05) is 11.5 Å². The Bertz CT molecular complexity index is 830. The fourth-order valence-corrected chi connectivity index (χ4v) is 4.52. The molecule has 1 aromatic heterocycles. The van der Waals surface area contributed by atoms with Crippen LogP contribution >= 0.6 is 23.1 Å². The molecule has 2 aliphatic rings. The Hall–Kier alpha value is -1.77. The first-order chi connectivity index (χ1) is 12.7. The summed E-state index contributed by atoms with van der Waals surface area (Å²) < 4.78 is 17.6. The van der Waals surface area contributed by atoms with Crippen LogP contribution in [0.25, 0.3) is 10.2 Å². The highest BCUT2D eigenvalue weighted by Crippen LogP contribution is 2.33. The van der Waals surface area contributed by atoms with Gasteiger partial charge in [0.15, 0.2) is 5.13 Å². The van der Waals surface area contributed by atoms with E-state index in [2.05, 4.69) is 11.1 Å². The Morgan fingerprint density at radius 3 is 3.04 bits per heavy atom. The number of carbonyl (C=O) groups is 1. The van der Waals surface area contributed by atoms with Crippen molar-refractivity contribution >= 4 is 44.4 Å². The van der Waals surface area contributed by atoms with Crippen LogP contribution in [0.15, 0.2) is 35.1 Å². The summed E-state index contributed by atoms with van der Waals surface area (Å²) in [6.45, 7) is 2.05. The fraction of sp³-hybridized carbons (Fsp3) is 0.444. The summed E-state index contributed by atoms with van der Waals surface area (Å²) in [6.07, 6.45) is 5.43. The molecule has 0 radical (unpaired) electrons. The minimum absolute atomic E-state index is 0.0258. The lowest BCUT2D eigenvalue weighted by molar-refractivity contribution is -0.120. The molecule has 1 atom stereocenters. The zero-order chi connectivity index (χ0) is 17.9. The highest BCUT2D eigenvalue weighted by molar-refractivity contribution is 7.98. The van der Waals surface area contributed by atoms with E-state index in [1.165, 1.54) is 22.5 Å². The van der Waals surface area contributed by atoms with Crippen molar-refractivity contribution in [1.82, 2.24) is 4.98 Å². The maximum Gasteiger partial charge on any atom is 0.298 e. The third-order valence-electron chi connectivity index (χ3n) is 4.33. The van der Waals surface area contributed by atoms with Gasteiger partial charge in [-0.3, -0.25) is 9.69 Å². The van der Waals surface area contributed by atoms with E-state index in [1.54, 1.807) is 16.7 Å². The molecule has 0 unspecified atom stereocenters. The summed E-state index contributed by atoms with van der Waals surface area (Å²) in [4.78, 5) is 20.6. The number of benzene rings is 1. The second-order valence-electron chi connectivity index (χ2n) is 6.08. The molecule has 138 valence electrons. The van der Waals surface area contributed by atoms with Crippen LogP contribution in [0.4, 0.5) is 5.13 Å². The number of carbonyl (C=O) groups excluding carboxylic acids is 1. The number of anilines is 1. The predicted molar refractivity (Wildman–Crippen MR) is 103 cm³/mol. The van der Waals surface area contributed by atoms with E-state index in [-0.39, 0.29) is 17.8 Å². The largest absolute Gasteiger partial charge is 0.494 e. The number of aromatic nitrogens is 1. The lowest BCUT2D eigenvalue weighted by atomic mass is 10.2. The van der Waals surface area contributed by atoms with Crippen molar-refractivity contribution < 1.29 is 19.0 Å². The van der Waals surface area contributed by atoms with E-state index >= 15 is 0 Å². The van der Waals surface area contributed by atoms with Crippen molar-refractivity contribution in [2.75, 3.05) is 37.5 Å². The maximum atomic E-state index is 13.0. The van der Waals surface area contributed by atoms with Crippen molar-refractivity contribution in [1.29, 1.82) is 0 Å². The van der Waals surface area contributed by atoms with E-state index in [4.69, 9.17) is 14.2 Å². The first-order valence-electron chi connectivity index (χ1n) is 8.57. The van der Waals surface area contributed by atoms with Crippen molar-refractivity contribution in [2.24, 2.45) is 0 Å². The van der Waals surface area contributed by atoms with E-state index in [0.717, 1.165) is 29.7 Å². The van der Waals surface area contributed by atoms with Gasteiger partial charge in [0.2, 0.25) is 5.76 Å². The molecule has 3 heterocycles. The number of ether oxygens (including phenoxy) is 3. The van der Waals surface area contributed by atoms with Crippen molar-refractivity contribution in [3.05, 3.63) is 30.2 Å². The number of hydrogen-bond acceptors (Lipinski definition) is 7. The zero-order valence-electron chi connectivity index (χ0n) is 14.5. The zero-order valence-corrected chi connectivity index (χ0v) is 16.1. The quantitative estimate of drug-likeness (QED) is 0.727. The Morgan fingerprint density at radius 2 is 2.31 bits per heavy atom. The SMILES string of the molecule is CSc1ccc2nc(N(C[C@@H]3CCCO3)C(=O)C3=COCCO3)sc2c1. The van der Waals surface area contributed by atoms with Gasteiger partial charge < -0.3 is 14.2 Å². The normalized spacial score (nSPS) is 19.7. The molecule has 1 amide bonds. The predicted octanol–water partition coefficient (Wildman–Crippen LogP) is 3.42. The van der Waals surface area contributed by atoms with Gasteiger partial charge in [-0.2, -0.15) is 0 Å². The van der Waals surface area contributed by atoms with Crippen LogP contribution in [-0.2, 0) is 19.0 Å². The molecule has 0 saturated carbocycles. The molecular formula is C18H20N2O4S2. The van der Waals surface area contributed by atoms with Gasteiger partial charge in [0.25, 0.3) is 5.91 Å². The van der Waals surface area contributed by atoms with Gasteiger partial charge in [0.1, 0.15) is 19.5 Å². The summed E-state index contributed by atoms with van der Waals surface area (Å²) in [5.41, 5.74) is 0.891. The van der Waals surface area contributed by atoms with E-state index in [0.29, 0.717) is 24.9 Å². The Labute approximate surface area is 160 Å². The molecule has 8 heteroatoms. The Morgan fingerprint density at radius 1 is 1.38 bits per heavy atom. The second kappa shape index (κ2) is 7.85. The Balaban J connectivity index is 1.66. The number of hydrogen-bond donors (Lipinski definition) is 0. The molecule has 6 nitrogen and oxygen atoms in total. The minimum atomic E-state index is -0.232. The molecular weight excluding hydrogens is 372 g/mol. The molecule has 1 fully saturated rings. The first-order valence-corrected chi connectivity index (χ1v) is 10.6. The highest BCUT2D eigenvalue weighted by Gasteiger charge is 2.30. The molecule has 2 aromatic rings. The van der Waals surface area contributed by atoms with E-state index in [9.17, 15) is 4.79 Å². The van der Waals surface area contributed by atoms with Gasteiger partial charge in [-0.05, 0) is 37.3 Å². The van der Waals surface area contributed by atoms with Crippen LogP contribution in [0, 0.1) is 0 Å². The number of thiazole rings is 1. The highest BCUT2D eigenvalue weighted by atomic mass is 32.2. The van der Waals surface area contributed by atoms with Gasteiger partial charge >= 0.3 is 0 Å². The summed E-state index contributed by atoms with van der Waals surface area (Å²) in [7, 11) is 0. The molecule has 1 saturated heterocycles. The third kappa shape index (κ3) is 3.67. The van der Waals surface area contributed by atoms with Gasteiger partial charge in [-0.1, -0.05) is 11.3 Å². The summed E-state index contributed by atoms with van der Waals surface area (Å²) >= 11 is 3.20. The molecule has 0 N–H and O–H groups in total. The fourth-order valence-electron chi connectivity index (χ4n) is 2.99. The van der Waals surface area contributed by atoms with Gasteiger partial charge in [-0.15, -0.1) is 11.8 Å². The summed E-state index contributed by atoms with van der Waals surface area (Å²) in [5.74, 6) is -0.0114. The van der Waals surface area contributed by atoms with Gasteiger partial charge in [0.05, 0.1) is 22.9 Å².